The van der Waals surface area contributed by atoms with Crippen molar-refractivity contribution in [2.75, 3.05) is 6.61 Å². The summed E-state index contributed by atoms with van der Waals surface area (Å²) in [6.07, 6.45) is -0.971. The van der Waals surface area contributed by atoms with Gasteiger partial charge in [0, 0.05) is 19.1 Å². The summed E-state index contributed by atoms with van der Waals surface area (Å²) in [5.74, 6) is 5.92. The molecule has 0 bridgehead atoms. The number of nitrogens with one attached hydrogen (secondary N) is 1. The maximum atomic E-state index is 12.0. The highest BCUT2D eigenvalue weighted by molar-refractivity contribution is 4.83. The Labute approximate surface area is 106 Å². The Balaban J connectivity index is 2.11. The van der Waals surface area contributed by atoms with Crippen molar-refractivity contribution in [3.05, 3.63) is 0 Å². The van der Waals surface area contributed by atoms with Crippen LogP contribution in [0.1, 0.15) is 45.4 Å². The van der Waals surface area contributed by atoms with Crippen LogP contribution in [-0.4, -0.2) is 24.9 Å². The molecular weight excluding hydrogens is 245 g/mol. The normalized spacial score (nSPS) is 25.8. The minimum atomic E-state index is -4.06. The summed E-state index contributed by atoms with van der Waals surface area (Å²) in [6, 6.07) is -0.0140. The summed E-state index contributed by atoms with van der Waals surface area (Å²) < 4.78 is 41.5. The molecule has 0 spiro atoms. The summed E-state index contributed by atoms with van der Waals surface area (Å²) in [5.41, 5.74) is 2.63. The average Bonchev–Trinajstić information content (AvgIpc) is 2.22. The Bertz CT molecular complexity index is 230. The summed E-state index contributed by atoms with van der Waals surface area (Å²) in [5, 5.41) is 0. The molecule has 1 rings (SSSR count). The smallest absolute Gasteiger partial charge is 0.378 e. The molecule has 0 heterocycles. The lowest BCUT2D eigenvalue weighted by Gasteiger charge is -2.37. The Morgan fingerprint density at radius 2 is 2.06 bits per heavy atom. The third kappa shape index (κ3) is 6.02. The van der Waals surface area contributed by atoms with Crippen molar-refractivity contribution in [3.63, 3.8) is 0 Å². The van der Waals surface area contributed by atoms with Gasteiger partial charge in [0.25, 0.3) is 0 Å². The molecule has 1 aliphatic rings. The standard InChI is InChI=1S/C12H23F3N2O/c1-2-18-11-7-9(8-11)6-10(17-16)4-3-5-12(13,14)15/h9-11,17H,2-8,16H2,1H3. The molecule has 6 heteroatoms. The van der Waals surface area contributed by atoms with Crippen molar-refractivity contribution in [3.8, 4) is 0 Å². The van der Waals surface area contributed by atoms with Gasteiger partial charge in [0.2, 0.25) is 0 Å². The molecule has 1 aliphatic carbocycles. The molecule has 1 unspecified atom stereocenters. The predicted octanol–water partition coefficient (Wildman–Crippen LogP) is 2.76. The Hall–Kier alpha value is -0.330. The molecule has 1 atom stereocenters. The molecule has 1 fully saturated rings. The third-order valence-electron chi connectivity index (χ3n) is 3.46. The largest absolute Gasteiger partial charge is 0.389 e. The van der Waals surface area contributed by atoms with Crippen molar-refractivity contribution in [2.45, 2.75) is 63.8 Å². The van der Waals surface area contributed by atoms with Gasteiger partial charge in [0.15, 0.2) is 0 Å². The lowest BCUT2D eigenvalue weighted by Crippen LogP contribution is -2.41. The van der Waals surface area contributed by atoms with Gasteiger partial charge in [-0.05, 0) is 44.9 Å². The molecule has 108 valence electrons. The fraction of sp³-hybridized carbons (Fsp3) is 1.00. The van der Waals surface area contributed by atoms with Crippen LogP contribution in [0.2, 0.25) is 0 Å². The first kappa shape index (κ1) is 15.7. The second-order valence-electron chi connectivity index (χ2n) is 5.02. The molecule has 0 saturated heterocycles. The van der Waals surface area contributed by atoms with Crippen molar-refractivity contribution in [2.24, 2.45) is 11.8 Å². The number of rotatable bonds is 8. The lowest BCUT2D eigenvalue weighted by atomic mass is 9.77. The van der Waals surface area contributed by atoms with E-state index in [9.17, 15) is 13.2 Å². The lowest BCUT2D eigenvalue weighted by molar-refractivity contribution is -0.135. The van der Waals surface area contributed by atoms with Crippen LogP contribution in [0.5, 0.6) is 0 Å². The van der Waals surface area contributed by atoms with Gasteiger partial charge in [-0.2, -0.15) is 13.2 Å². The molecule has 1 saturated carbocycles. The number of ether oxygens (including phenoxy) is 1. The minimum Gasteiger partial charge on any atom is -0.378 e. The molecule has 3 N–H and O–H groups in total. The van der Waals surface area contributed by atoms with Crippen molar-refractivity contribution in [1.82, 2.24) is 5.43 Å². The second kappa shape index (κ2) is 7.31. The number of nitrogens with two attached hydrogens (primary N) is 1. The first-order chi connectivity index (χ1) is 8.44. The van der Waals surface area contributed by atoms with E-state index in [1.54, 1.807) is 0 Å². The van der Waals surface area contributed by atoms with E-state index >= 15 is 0 Å². The number of hydrogen-bond donors (Lipinski definition) is 2. The molecule has 0 aromatic carbocycles. The summed E-state index contributed by atoms with van der Waals surface area (Å²) in [6.45, 7) is 2.69. The molecular formula is C12H23F3N2O. The van der Waals surface area contributed by atoms with E-state index in [0.717, 1.165) is 25.9 Å². The van der Waals surface area contributed by atoms with E-state index in [-0.39, 0.29) is 12.5 Å². The van der Waals surface area contributed by atoms with Crippen LogP contribution in [-0.2, 0) is 4.74 Å². The monoisotopic (exact) mass is 268 g/mol. The van der Waals surface area contributed by atoms with Gasteiger partial charge in [-0.3, -0.25) is 11.3 Å². The number of hydrazine groups is 1. The SMILES string of the molecule is CCOC1CC(CC(CCCC(F)(F)F)NN)C1. The Kier molecular flexibility index (Phi) is 6.38. The Morgan fingerprint density at radius 1 is 1.39 bits per heavy atom. The topological polar surface area (TPSA) is 47.3 Å². The van der Waals surface area contributed by atoms with Gasteiger partial charge in [-0.15, -0.1) is 0 Å². The fourth-order valence-corrected chi connectivity index (χ4v) is 2.46. The maximum Gasteiger partial charge on any atom is 0.389 e. The van der Waals surface area contributed by atoms with E-state index < -0.39 is 12.6 Å². The predicted molar refractivity (Wildman–Crippen MR) is 63.8 cm³/mol. The van der Waals surface area contributed by atoms with E-state index in [1.165, 1.54) is 0 Å². The van der Waals surface area contributed by atoms with Gasteiger partial charge in [0.1, 0.15) is 0 Å². The first-order valence-electron chi connectivity index (χ1n) is 6.59. The number of alkyl halides is 3. The van der Waals surface area contributed by atoms with E-state index in [1.807, 2.05) is 6.92 Å². The number of hydrogen-bond acceptors (Lipinski definition) is 3. The summed E-state index contributed by atoms with van der Waals surface area (Å²) in [7, 11) is 0. The van der Waals surface area contributed by atoms with Crippen LogP contribution in [0.3, 0.4) is 0 Å². The molecule has 0 aliphatic heterocycles. The van der Waals surface area contributed by atoms with Crippen molar-refractivity contribution >= 4 is 0 Å². The van der Waals surface area contributed by atoms with Crippen LogP contribution < -0.4 is 11.3 Å². The van der Waals surface area contributed by atoms with Gasteiger partial charge in [-0.1, -0.05) is 0 Å². The highest BCUT2D eigenvalue weighted by Gasteiger charge is 2.32. The van der Waals surface area contributed by atoms with Gasteiger partial charge in [0.05, 0.1) is 6.10 Å². The molecule has 0 radical (unpaired) electrons. The molecule has 0 amide bonds. The molecule has 18 heavy (non-hydrogen) atoms. The first-order valence-corrected chi connectivity index (χ1v) is 6.59. The highest BCUT2D eigenvalue weighted by atomic mass is 19.4. The second-order valence-corrected chi connectivity index (χ2v) is 5.02. The zero-order chi connectivity index (χ0) is 13.6. The fourth-order valence-electron chi connectivity index (χ4n) is 2.46. The zero-order valence-electron chi connectivity index (χ0n) is 10.8. The van der Waals surface area contributed by atoms with E-state index in [4.69, 9.17) is 10.6 Å². The molecule has 0 aromatic rings. The minimum absolute atomic E-state index is 0.0140. The Morgan fingerprint density at radius 3 is 2.56 bits per heavy atom. The summed E-state index contributed by atoms with van der Waals surface area (Å²) >= 11 is 0. The zero-order valence-corrected chi connectivity index (χ0v) is 10.8. The quantitative estimate of drug-likeness (QED) is 0.525. The third-order valence-corrected chi connectivity index (χ3v) is 3.46. The van der Waals surface area contributed by atoms with Crippen LogP contribution >= 0.6 is 0 Å². The molecule has 0 aromatic heterocycles. The summed E-state index contributed by atoms with van der Waals surface area (Å²) in [4.78, 5) is 0. The maximum absolute atomic E-state index is 12.0. The average molecular weight is 268 g/mol. The van der Waals surface area contributed by atoms with E-state index in [2.05, 4.69) is 5.43 Å². The van der Waals surface area contributed by atoms with Crippen molar-refractivity contribution < 1.29 is 17.9 Å². The number of halogens is 3. The van der Waals surface area contributed by atoms with Crippen LogP contribution in [0.4, 0.5) is 13.2 Å². The van der Waals surface area contributed by atoms with Crippen molar-refractivity contribution in [1.29, 1.82) is 0 Å². The van der Waals surface area contributed by atoms with Crippen LogP contribution in [0.25, 0.3) is 0 Å². The van der Waals surface area contributed by atoms with Gasteiger partial charge < -0.3 is 4.74 Å². The van der Waals surface area contributed by atoms with Crippen LogP contribution in [0.15, 0.2) is 0 Å². The van der Waals surface area contributed by atoms with E-state index in [0.29, 0.717) is 18.4 Å². The van der Waals surface area contributed by atoms with Gasteiger partial charge in [-0.25, -0.2) is 0 Å². The molecule has 3 nitrogen and oxygen atoms in total. The highest BCUT2D eigenvalue weighted by Crippen LogP contribution is 2.34. The van der Waals surface area contributed by atoms with Crippen LogP contribution in [0, 0.1) is 5.92 Å². The van der Waals surface area contributed by atoms with Gasteiger partial charge >= 0.3 is 6.18 Å².